The zero-order chi connectivity index (χ0) is 19.5. The number of ether oxygens (including phenoxy) is 1. The van der Waals surface area contributed by atoms with Crippen LogP contribution in [0.4, 0.5) is 10.5 Å². The van der Waals surface area contributed by atoms with Gasteiger partial charge in [0.25, 0.3) is 0 Å². The number of amides is 2. The number of carbonyl (C=O) groups is 2. The lowest BCUT2D eigenvalue weighted by Crippen LogP contribution is -2.40. The second-order valence-electron chi connectivity index (χ2n) is 8.25. The van der Waals surface area contributed by atoms with Crippen LogP contribution in [0.25, 0.3) is 0 Å². The van der Waals surface area contributed by atoms with Gasteiger partial charge < -0.3 is 15.0 Å². The minimum atomic E-state index is -0.208. The van der Waals surface area contributed by atoms with E-state index < -0.39 is 0 Å². The number of nitrogens with one attached hydrogen (secondary N) is 1. The number of nitrogens with zero attached hydrogens (tertiary/aromatic N) is 2. The van der Waals surface area contributed by atoms with Gasteiger partial charge in [0.2, 0.25) is 0 Å². The summed E-state index contributed by atoms with van der Waals surface area (Å²) < 4.78 is 4.83. The van der Waals surface area contributed by atoms with Crippen LogP contribution in [0.1, 0.15) is 56.1 Å². The largest absolute Gasteiger partial charge is 0.469 e. The highest BCUT2D eigenvalue weighted by Crippen LogP contribution is 2.34. The molecular formula is C22H31N3O3. The summed E-state index contributed by atoms with van der Waals surface area (Å²) >= 11 is 0. The smallest absolute Gasteiger partial charge is 0.325 e. The van der Waals surface area contributed by atoms with Gasteiger partial charge in [-0.3, -0.25) is 9.69 Å². The maximum Gasteiger partial charge on any atom is 0.325 e. The lowest BCUT2D eigenvalue weighted by Gasteiger charge is -2.31. The van der Waals surface area contributed by atoms with E-state index in [1.54, 1.807) is 0 Å². The average Bonchev–Trinajstić information content (AvgIpc) is 3.08. The zero-order valence-corrected chi connectivity index (χ0v) is 16.8. The Bertz CT molecular complexity index is 730. The first-order chi connectivity index (χ1) is 13.7. The van der Waals surface area contributed by atoms with E-state index in [0.29, 0.717) is 25.4 Å². The van der Waals surface area contributed by atoms with Crippen LogP contribution in [-0.4, -0.2) is 49.2 Å². The SMILES string of the molecule is COC(=O)CCC1CN(C2CCCCC2)C(=O)N1c1ccc2c(c1)CCNC2. The van der Waals surface area contributed by atoms with Gasteiger partial charge in [-0.1, -0.05) is 25.3 Å². The van der Waals surface area contributed by atoms with Crippen molar-refractivity contribution in [1.29, 1.82) is 0 Å². The van der Waals surface area contributed by atoms with Crippen molar-refractivity contribution >= 4 is 17.7 Å². The standard InChI is InChI=1S/C22H31N3O3/c1-28-21(26)10-9-20-15-24(18-5-3-2-4-6-18)22(27)25(20)19-8-7-17-14-23-12-11-16(17)13-19/h7-8,13,18,20,23H,2-6,9-12,14-15H2,1H3. The minimum absolute atomic E-state index is 0.0216. The fraction of sp³-hybridized carbons (Fsp3) is 0.636. The van der Waals surface area contributed by atoms with Crippen molar-refractivity contribution in [3.8, 4) is 0 Å². The minimum Gasteiger partial charge on any atom is -0.469 e. The van der Waals surface area contributed by atoms with E-state index in [9.17, 15) is 9.59 Å². The van der Waals surface area contributed by atoms with Crippen molar-refractivity contribution in [2.24, 2.45) is 0 Å². The highest BCUT2D eigenvalue weighted by Gasteiger charge is 2.41. The van der Waals surface area contributed by atoms with E-state index >= 15 is 0 Å². The molecule has 1 atom stereocenters. The van der Waals surface area contributed by atoms with Gasteiger partial charge in [0.05, 0.1) is 13.2 Å². The van der Waals surface area contributed by atoms with Gasteiger partial charge in [-0.05, 0) is 55.5 Å². The van der Waals surface area contributed by atoms with Crippen LogP contribution in [0.3, 0.4) is 0 Å². The van der Waals surface area contributed by atoms with E-state index in [0.717, 1.165) is 38.0 Å². The molecule has 2 fully saturated rings. The second kappa shape index (κ2) is 8.52. The third kappa shape index (κ3) is 3.88. The average molecular weight is 386 g/mol. The van der Waals surface area contributed by atoms with Crippen molar-refractivity contribution < 1.29 is 14.3 Å². The van der Waals surface area contributed by atoms with Gasteiger partial charge in [-0.25, -0.2) is 4.79 Å². The van der Waals surface area contributed by atoms with Gasteiger partial charge >= 0.3 is 12.0 Å². The molecule has 0 spiro atoms. The van der Waals surface area contributed by atoms with Crippen LogP contribution < -0.4 is 10.2 Å². The van der Waals surface area contributed by atoms with Crippen LogP contribution in [0.5, 0.6) is 0 Å². The lowest BCUT2D eigenvalue weighted by atomic mass is 9.94. The first-order valence-electron chi connectivity index (χ1n) is 10.7. The molecule has 1 N–H and O–H groups in total. The Morgan fingerprint density at radius 2 is 2.04 bits per heavy atom. The molecule has 152 valence electrons. The topological polar surface area (TPSA) is 61.9 Å². The Morgan fingerprint density at radius 3 is 2.82 bits per heavy atom. The quantitative estimate of drug-likeness (QED) is 0.791. The van der Waals surface area contributed by atoms with Crippen LogP contribution >= 0.6 is 0 Å². The number of benzene rings is 1. The number of carbonyl (C=O) groups excluding carboxylic acids is 2. The van der Waals surface area contributed by atoms with Crippen LogP contribution in [0.15, 0.2) is 18.2 Å². The molecule has 6 nitrogen and oxygen atoms in total. The van der Waals surface area contributed by atoms with Crippen molar-refractivity contribution in [3.05, 3.63) is 29.3 Å². The van der Waals surface area contributed by atoms with Crippen LogP contribution in [-0.2, 0) is 22.5 Å². The summed E-state index contributed by atoms with van der Waals surface area (Å²) in [5.41, 5.74) is 3.61. The van der Waals surface area contributed by atoms with E-state index in [2.05, 4.69) is 28.4 Å². The fourth-order valence-corrected chi connectivity index (χ4v) is 4.92. The summed E-state index contributed by atoms with van der Waals surface area (Å²) in [6.45, 7) is 2.58. The Labute approximate surface area is 167 Å². The molecule has 0 radical (unpaired) electrons. The van der Waals surface area contributed by atoms with Gasteiger partial charge in [0.1, 0.15) is 0 Å². The van der Waals surface area contributed by atoms with Crippen LogP contribution in [0, 0.1) is 0 Å². The lowest BCUT2D eigenvalue weighted by molar-refractivity contribution is -0.140. The number of hydrogen-bond donors (Lipinski definition) is 1. The van der Waals surface area contributed by atoms with Gasteiger partial charge in [0, 0.05) is 31.2 Å². The summed E-state index contributed by atoms with van der Waals surface area (Å²) in [4.78, 5) is 29.2. The molecule has 2 heterocycles. The highest BCUT2D eigenvalue weighted by atomic mass is 16.5. The molecule has 1 saturated carbocycles. The number of hydrogen-bond acceptors (Lipinski definition) is 4. The third-order valence-corrected chi connectivity index (χ3v) is 6.50. The van der Waals surface area contributed by atoms with Gasteiger partial charge in [-0.15, -0.1) is 0 Å². The monoisotopic (exact) mass is 385 g/mol. The Balaban J connectivity index is 1.58. The number of urea groups is 1. The molecule has 1 aromatic carbocycles. The highest BCUT2D eigenvalue weighted by molar-refractivity contribution is 5.95. The summed E-state index contributed by atoms with van der Waals surface area (Å²) in [5, 5.41) is 3.40. The van der Waals surface area contributed by atoms with Crippen molar-refractivity contribution in [3.63, 3.8) is 0 Å². The van der Waals surface area contributed by atoms with E-state index in [4.69, 9.17) is 4.74 Å². The zero-order valence-electron chi connectivity index (χ0n) is 16.8. The number of esters is 1. The van der Waals surface area contributed by atoms with Crippen molar-refractivity contribution in [2.45, 2.75) is 70.0 Å². The molecule has 1 aliphatic carbocycles. The third-order valence-electron chi connectivity index (χ3n) is 6.50. The molecule has 1 aromatic rings. The first-order valence-corrected chi connectivity index (χ1v) is 10.7. The second-order valence-corrected chi connectivity index (χ2v) is 8.25. The number of fused-ring (bicyclic) bond motifs is 1. The number of methoxy groups -OCH3 is 1. The predicted molar refractivity (Wildman–Crippen MR) is 108 cm³/mol. The Kier molecular flexibility index (Phi) is 5.85. The molecule has 1 unspecified atom stereocenters. The van der Waals surface area contributed by atoms with Crippen LogP contribution in [0.2, 0.25) is 0 Å². The summed E-state index contributed by atoms with van der Waals surface area (Å²) in [6, 6.07) is 6.87. The Morgan fingerprint density at radius 1 is 1.21 bits per heavy atom. The molecule has 1 saturated heterocycles. The van der Waals surface area contributed by atoms with Crippen molar-refractivity contribution in [2.75, 3.05) is 25.1 Å². The fourth-order valence-electron chi connectivity index (χ4n) is 4.92. The summed E-state index contributed by atoms with van der Waals surface area (Å²) in [7, 11) is 1.42. The molecule has 4 rings (SSSR count). The molecule has 3 aliphatic rings. The molecule has 6 heteroatoms. The maximum absolute atomic E-state index is 13.4. The van der Waals surface area contributed by atoms with E-state index in [-0.39, 0.29) is 18.0 Å². The van der Waals surface area contributed by atoms with E-state index in [1.165, 1.54) is 37.5 Å². The molecule has 0 bridgehead atoms. The first kappa shape index (κ1) is 19.2. The molecule has 0 aromatic heterocycles. The van der Waals surface area contributed by atoms with Crippen molar-refractivity contribution in [1.82, 2.24) is 10.2 Å². The van der Waals surface area contributed by atoms with E-state index in [1.807, 2.05) is 4.90 Å². The molecule has 2 aliphatic heterocycles. The maximum atomic E-state index is 13.4. The van der Waals surface area contributed by atoms with Gasteiger partial charge in [-0.2, -0.15) is 0 Å². The molecule has 28 heavy (non-hydrogen) atoms. The predicted octanol–water partition coefficient (Wildman–Crippen LogP) is 3.23. The summed E-state index contributed by atoms with van der Waals surface area (Å²) in [5.74, 6) is -0.208. The molecular weight excluding hydrogens is 354 g/mol. The molecule has 2 amide bonds. The number of anilines is 1. The number of rotatable bonds is 5. The normalized spacial score (nSPS) is 23.0. The summed E-state index contributed by atoms with van der Waals surface area (Å²) in [6.07, 6.45) is 7.84. The Hall–Kier alpha value is -2.08. The van der Waals surface area contributed by atoms with Gasteiger partial charge in [0.15, 0.2) is 0 Å².